The maximum Gasteiger partial charge on any atom is 0.174 e. The highest BCUT2D eigenvalue weighted by atomic mass is 16.5. The number of aromatic nitrogens is 2. The highest BCUT2D eigenvalue weighted by Crippen LogP contribution is 2.31. The zero-order valence-corrected chi connectivity index (χ0v) is 12.7. The van der Waals surface area contributed by atoms with Crippen LogP contribution in [0.1, 0.15) is 25.1 Å². The highest BCUT2D eigenvalue weighted by molar-refractivity contribution is 6.02. The maximum absolute atomic E-state index is 12.4. The van der Waals surface area contributed by atoms with Crippen LogP contribution in [0.2, 0.25) is 0 Å². The standard InChI is InChI=1S/C18H16N2O3/c1-2-9-23-17-13(11-21)7-8-15(22)16(17)18-19-10-12-5-3-4-6-14(12)20-18/h3-8,10-11,16H,2,9H2,1H3. The van der Waals surface area contributed by atoms with Crippen molar-refractivity contribution in [1.29, 1.82) is 0 Å². The van der Waals surface area contributed by atoms with Crippen molar-refractivity contribution in [2.75, 3.05) is 6.61 Å². The average molecular weight is 308 g/mol. The fourth-order valence-corrected chi connectivity index (χ4v) is 2.49. The van der Waals surface area contributed by atoms with Gasteiger partial charge in [-0.1, -0.05) is 25.1 Å². The predicted molar refractivity (Wildman–Crippen MR) is 85.8 cm³/mol. The summed E-state index contributed by atoms with van der Waals surface area (Å²) < 4.78 is 5.68. The van der Waals surface area contributed by atoms with Crippen molar-refractivity contribution in [3.63, 3.8) is 0 Å². The van der Waals surface area contributed by atoms with Crippen molar-refractivity contribution in [1.82, 2.24) is 9.97 Å². The summed E-state index contributed by atoms with van der Waals surface area (Å²) in [6.07, 6.45) is 6.02. The molecule has 0 fully saturated rings. The molecule has 0 spiro atoms. The van der Waals surface area contributed by atoms with E-state index in [-0.39, 0.29) is 5.78 Å². The van der Waals surface area contributed by atoms with E-state index in [1.54, 1.807) is 6.20 Å². The maximum atomic E-state index is 12.4. The van der Waals surface area contributed by atoms with Crippen molar-refractivity contribution in [3.8, 4) is 0 Å². The minimum absolute atomic E-state index is 0.183. The topological polar surface area (TPSA) is 69.2 Å². The van der Waals surface area contributed by atoms with Crippen LogP contribution in [0.5, 0.6) is 0 Å². The summed E-state index contributed by atoms with van der Waals surface area (Å²) in [5.74, 6) is -0.263. The van der Waals surface area contributed by atoms with Crippen LogP contribution in [0.4, 0.5) is 0 Å². The first kappa shape index (κ1) is 15.1. The predicted octanol–water partition coefficient (Wildman–Crippen LogP) is 2.73. The van der Waals surface area contributed by atoms with E-state index in [0.29, 0.717) is 30.0 Å². The molecule has 0 saturated carbocycles. The third-order valence-electron chi connectivity index (χ3n) is 3.61. The first-order chi connectivity index (χ1) is 11.2. The van der Waals surface area contributed by atoms with E-state index in [0.717, 1.165) is 17.3 Å². The Balaban J connectivity index is 2.09. The Morgan fingerprint density at radius 2 is 2.09 bits per heavy atom. The van der Waals surface area contributed by atoms with Gasteiger partial charge in [0.25, 0.3) is 0 Å². The Morgan fingerprint density at radius 3 is 2.87 bits per heavy atom. The van der Waals surface area contributed by atoms with Gasteiger partial charge in [0, 0.05) is 11.6 Å². The average Bonchev–Trinajstić information content (AvgIpc) is 2.59. The van der Waals surface area contributed by atoms with Crippen LogP contribution >= 0.6 is 0 Å². The van der Waals surface area contributed by atoms with Crippen LogP contribution in [0.25, 0.3) is 10.9 Å². The van der Waals surface area contributed by atoms with Crippen LogP contribution in [0, 0.1) is 0 Å². The first-order valence-corrected chi connectivity index (χ1v) is 7.50. The number of carbonyl (C=O) groups is 2. The lowest BCUT2D eigenvalue weighted by Crippen LogP contribution is -2.22. The summed E-state index contributed by atoms with van der Waals surface area (Å²) in [6.45, 7) is 2.39. The van der Waals surface area contributed by atoms with E-state index >= 15 is 0 Å². The van der Waals surface area contributed by atoms with Crippen molar-refractivity contribution in [3.05, 3.63) is 59.8 Å². The number of benzene rings is 1. The lowest BCUT2D eigenvalue weighted by Gasteiger charge is -2.21. The zero-order chi connectivity index (χ0) is 16.2. The van der Waals surface area contributed by atoms with Crippen LogP contribution < -0.4 is 0 Å². The second-order valence-corrected chi connectivity index (χ2v) is 5.24. The van der Waals surface area contributed by atoms with Crippen LogP contribution in [-0.4, -0.2) is 28.6 Å². The second kappa shape index (κ2) is 6.52. The van der Waals surface area contributed by atoms with Gasteiger partial charge in [-0.2, -0.15) is 0 Å². The van der Waals surface area contributed by atoms with E-state index in [1.165, 1.54) is 12.2 Å². The van der Waals surface area contributed by atoms with E-state index in [4.69, 9.17) is 4.74 Å². The molecule has 0 bridgehead atoms. The number of para-hydroxylation sites is 1. The SMILES string of the molecule is CCCOC1=C(C=O)C=CC(=O)C1c1ncc2ccccc2n1. The third kappa shape index (κ3) is 2.90. The Bertz CT molecular complexity index is 824. The normalized spacial score (nSPS) is 17.6. The molecule has 3 rings (SSSR count). The number of ether oxygens (including phenoxy) is 1. The van der Waals surface area contributed by atoms with Crippen LogP contribution in [-0.2, 0) is 14.3 Å². The van der Waals surface area contributed by atoms with E-state index in [9.17, 15) is 9.59 Å². The molecular formula is C18H16N2O3. The smallest absolute Gasteiger partial charge is 0.174 e. The number of aldehydes is 1. The third-order valence-corrected chi connectivity index (χ3v) is 3.61. The zero-order valence-electron chi connectivity index (χ0n) is 12.7. The molecule has 0 N–H and O–H groups in total. The largest absolute Gasteiger partial charge is 0.496 e. The van der Waals surface area contributed by atoms with E-state index in [1.807, 2.05) is 31.2 Å². The number of allylic oxidation sites excluding steroid dienone is 4. The van der Waals surface area contributed by atoms with Gasteiger partial charge in [-0.15, -0.1) is 0 Å². The van der Waals surface area contributed by atoms with Gasteiger partial charge >= 0.3 is 0 Å². The molecular weight excluding hydrogens is 292 g/mol. The Morgan fingerprint density at radius 1 is 1.26 bits per heavy atom. The van der Waals surface area contributed by atoms with Gasteiger partial charge in [0.1, 0.15) is 17.5 Å². The molecule has 116 valence electrons. The molecule has 0 radical (unpaired) electrons. The molecule has 1 aromatic heterocycles. The molecule has 0 aliphatic heterocycles. The summed E-state index contributed by atoms with van der Waals surface area (Å²) in [7, 11) is 0. The monoisotopic (exact) mass is 308 g/mol. The lowest BCUT2D eigenvalue weighted by atomic mass is 9.92. The fraction of sp³-hybridized carbons (Fsp3) is 0.222. The number of hydrogen-bond donors (Lipinski definition) is 0. The number of rotatable bonds is 5. The fourth-order valence-electron chi connectivity index (χ4n) is 2.49. The number of carbonyl (C=O) groups excluding carboxylic acids is 2. The minimum atomic E-state index is -0.767. The summed E-state index contributed by atoms with van der Waals surface area (Å²) in [5.41, 5.74) is 1.11. The van der Waals surface area contributed by atoms with Crippen molar-refractivity contribution < 1.29 is 14.3 Å². The van der Waals surface area contributed by atoms with Crippen molar-refractivity contribution in [2.45, 2.75) is 19.3 Å². The molecule has 1 aliphatic rings. The van der Waals surface area contributed by atoms with Crippen molar-refractivity contribution >= 4 is 23.0 Å². The minimum Gasteiger partial charge on any atom is -0.496 e. The summed E-state index contributed by atoms with van der Waals surface area (Å²) >= 11 is 0. The van der Waals surface area contributed by atoms with Crippen LogP contribution in [0.3, 0.4) is 0 Å². The molecule has 23 heavy (non-hydrogen) atoms. The molecule has 5 nitrogen and oxygen atoms in total. The van der Waals surface area contributed by atoms with Gasteiger partial charge in [0.05, 0.1) is 17.7 Å². The molecule has 0 saturated heterocycles. The quantitative estimate of drug-likeness (QED) is 0.794. The molecule has 1 unspecified atom stereocenters. The van der Waals surface area contributed by atoms with Gasteiger partial charge in [0.15, 0.2) is 12.1 Å². The second-order valence-electron chi connectivity index (χ2n) is 5.24. The summed E-state index contributed by atoms with van der Waals surface area (Å²) in [4.78, 5) is 32.4. The molecule has 1 atom stereocenters. The van der Waals surface area contributed by atoms with Gasteiger partial charge < -0.3 is 4.74 Å². The molecule has 1 heterocycles. The van der Waals surface area contributed by atoms with E-state index < -0.39 is 5.92 Å². The number of nitrogens with zero attached hydrogens (tertiary/aromatic N) is 2. The highest BCUT2D eigenvalue weighted by Gasteiger charge is 2.32. The lowest BCUT2D eigenvalue weighted by molar-refractivity contribution is -0.116. The molecule has 5 heteroatoms. The van der Waals surface area contributed by atoms with Gasteiger partial charge in [-0.05, 0) is 24.6 Å². The van der Waals surface area contributed by atoms with Crippen molar-refractivity contribution in [2.24, 2.45) is 0 Å². The molecule has 2 aromatic rings. The molecule has 0 amide bonds. The number of ketones is 1. The Labute approximate surface area is 133 Å². The number of hydrogen-bond acceptors (Lipinski definition) is 5. The van der Waals surface area contributed by atoms with Gasteiger partial charge in [0.2, 0.25) is 0 Å². The first-order valence-electron chi connectivity index (χ1n) is 7.50. The van der Waals surface area contributed by atoms with E-state index in [2.05, 4.69) is 9.97 Å². The Hall–Kier alpha value is -2.82. The summed E-state index contributed by atoms with van der Waals surface area (Å²) in [6, 6.07) is 7.55. The van der Waals surface area contributed by atoms with Crippen LogP contribution in [0.15, 0.2) is 53.9 Å². The number of fused-ring (bicyclic) bond motifs is 1. The van der Waals surface area contributed by atoms with Gasteiger partial charge in [-0.25, -0.2) is 9.97 Å². The Kier molecular flexibility index (Phi) is 4.28. The summed E-state index contributed by atoms with van der Waals surface area (Å²) in [5, 5.41) is 0.894. The van der Waals surface area contributed by atoms with Gasteiger partial charge in [-0.3, -0.25) is 9.59 Å². The molecule has 1 aromatic carbocycles. The molecule has 1 aliphatic carbocycles.